The van der Waals surface area contributed by atoms with Gasteiger partial charge in [-0.15, -0.1) is 0 Å². The van der Waals surface area contributed by atoms with Crippen LogP contribution < -0.4 is 15.8 Å². The molecule has 0 heterocycles. The van der Waals surface area contributed by atoms with Crippen LogP contribution in [0, 0.1) is 5.92 Å². The van der Waals surface area contributed by atoms with E-state index in [0.29, 0.717) is 11.4 Å². The highest BCUT2D eigenvalue weighted by atomic mass is 16.5. The van der Waals surface area contributed by atoms with Crippen LogP contribution in [0.4, 0.5) is 10.5 Å². The Bertz CT molecular complexity index is 420. The van der Waals surface area contributed by atoms with Crippen molar-refractivity contribution in [2.75, 3.05) is 11.9 Å². The number of hydrogen-bond acceptors (Lipinski definition) is 3. The highest BCUT2D eigenvalue weighted by molar-refractivity contribution is 5.89. The Balaban J connectivity index is 2.70. The van der Waals surface area contributed by atoms with Gasteiger partial charge >= 0.3 is 12.0 Å². The number of anilines is 1. The molecule has 1 aromatic carbocycles. The topological polar surface area (TPSA) is 102 Å². The normalized spacial score (nSPS) is 11.6. The Morgan fingerprint density at radius 1 is 1.47 bits per heavy atom. The van der Waals surface area contributed by atoms with Crippen LogP contribution in [0.5, 0.6) is 5.75 Å². The van der Waals surface area contributed by atoms with Crippen molar-refractivity contribution < 1.29 is 19.4 Å². The number of aliphatic carboxylic acids is 1. The van der Waals surface area contributed by atoms with Gasteiger partial charge in [0.25, 0.3) is 0 Å². The second-order valence-electron chi connectivity index (χ2n) is 3.54. The van der Waals surface area contributed by atoms with Crippen LogP contribution in [-0.4, -0.2) is 23.7 Å². The van der Waals surface area contributed by atoms with Crippen LogP contribution in [0.25, 0.3) is 0 Å². The molecule has 1 unspecified atom stereocenters. The molecule has 4 N–H and O–H groups in total. The molecule has 0 aromatic heterocycles. The standard InChI is InChI=1S/C11H14N2O4/c1-7(10(14)15)6-17-9-5-3-2-4-8(9)13-11(12)16/h2-5,7H,6H2,1H3,(H,14,15)(H3,12,13,16). The third-order valence-electron chi connectivity index (χ3n) is 2.06. The van der Waals surface area contributed by atoms with Gasteiger partial charge in [-0.3, -0.25) is 4.79 Å². The van der Waals surface area contributed by atoms with Gasteiger partial charge in [0, 0.05) is 0 Å². The molecule has 1 atom stereocenters. The molecule has 0 aliphatic heterocycles. The van der Waals surface area contributed by atoms with Crippen molar-refractivity contribution in [3.63, 3.8) is 0 Å². The molecule has 0 spiro atoms. The minimum absolute atomic E-state index is 0.0206. The van der Waals surface area contributed by atoms with E-state index in [-0.39, 0.29) is 6.61 Å². The van der Waals surface area contributed by atoms with Crippen LogP contribution in [0.1, 0.15) is 6.92 Å². The van der Waals surface area contributed by atoms with Crippen molar-refractivity contribution >= 4 is 17.7 Å². The summed E-state index contributed by atoms with van der Waals surface area (Å²) in [6.45, 7) is 1.55. The predicted octanol–water partition coefficient (Wildman–Crippen LogP) is 1.28. The minimum atomic E-state index is -0.939. The zero-order valence-electron chi connectivity index (χ0n) is 9.34. The fraction of sp³-hybridized carbons (Fsp3) is 0.273. The SMILES string of the molecule is CC(COc1ccccc1NC(N)=O)C(=O)O. The second-order valence-corrected chi connectivity index (χ2v) is 3.54. The van der Waals surface area contributed by atoms with E-state index in [4.69, 9.17) is 15.6 Å². The predicted molar refractivity (Wildman–Crippen MR) is 61.9 cm³/mol. The molecule has 1 rings (SSSR count). The number of nitrogens with two attached hydrogens (primary N) is 1. The molecular formula is C11H14N2O4. The number of urea groups is 1. The zero-order valence-corrected chi connectivity index (χ0v) is 9.34. The fourth-order valence-corrected chi connectivity index (χ4v) is 1.11. The Kier molecular flexibility index (Phi) is 4.33. The fourth-order valence-electron chi connectivity index (χ4n) is 1.11. The molecule has 6 heteroatoms. The summed E-state index contributed by atoms with van der Waals surface area (Å²) in [7, 11) is 0. The lowest BCUT2D eigenvalue weighted by atomic mass is 10.2. The number of amides is 2. The van der Waals surface area contributed by atoms with Gasteiger partial charge in [-0.1, -0.05) is 12.1 Å². The van der Waals surface area contributed by atoms with E-state index >= 15 is 0 Å². The first-order chi connectivity index (χ1) is 8.00. The highest BCUT2D eigenvalue weighted by Gasteiger charge is 2.13. The number of carbonyl (C=O) groups is 2. The summed E-state index contributed by atoms with van der Waals surface area (Å²) in [5, 5.41) is 11.1. The van der Waals surface area contributed by atoms with Gasteiger partial charge < -0.3 is 20.9 Å². The number of carbonyl (C=O) groups excluding carboxylic acids is 1. The van der Waals surface area contributed by atoms with E-state index in [9.17, 15) is 9.59 Å². The van der Waals surface area contributed by atoms with E-state index < -0.39 is 17.9 Å². The number of rotatable bonds is 5. The molecule has 0 fully saturated rings. The second kappa shape index (κ2) is 5.74. The maximum absolute atomic E-state index is 10.7. The quantitative estimate of drug-likeness (QED) is 0.719. The van der Waals surface area contributed by atoms with Crippen LogP contribution in [0.15, 0.2) is 24.3 Å². The molecule has 92 valence electrons. The van der Waals surface area contributed by atoms with E-state index in [2.05, 4.69) is 5.32 Å². The lowest BCUT2D eigenvalue weighted by Crippen LogP contribution is -2.21. The lowest BCUT2D eigenvalue weighted by molar-refractivity contribution is -0.142. The average Bonchev–Trinajstić information content (AvgIpc) is 2.26. The molecule has 0 aliphatic rings. The summed E-state index contributed by atoms with van der Waals surface area (Å²) in [4.78, 5) is 21.3. The van der Waals surface area contributed by atoms with Crippen LogP contribution in [0.2, 0.25) is 0 Å². The molecular weight excluding hydrogens is 224 g/mol. The largest absolute Gasteiger partial charge is 0.491 e. The van der Waals surface area contributed by atoms with Gasteiger partial charge in [-0.2, -0.15) is 0 Å². The average molecular weight is 238 g/mol. The first-order valence-electron chi connectivity index (χ1n) is 5.01. The molecule has 0 aliphatic carbocycles. The Morgan fingerprint density at radius 2 is 2.12 bits per heavy atom. The summed E-state index contributed by atoms with van der Waals surface area (Å²) in [6.07, 6.45) is 0. The third-order valence-corrected chi connectivity index (χ3v) is 2.06. The molecule has 0 radical (unpaired) electrons. The molecule has 17 heavy (non-hydrogen) atoms. The Labute approximate surface area is 98.4 Å². The van der Waals surface area contributed by atoms with E-state index in [0.717, 1.165) is 0 Å². The summed E-state index contributed by atoms with van der Waals surface area (Å²) in [5.41, 5.74) is 5.41. The molecule has 0 saturated carbocycles. The van der Waals surface area contributed by atoms with Crippen LogP contribution in [0.3, 0.4) is 0 Å². The molecule has 0 bridgehead atoms. The first-order valence-corrected chi connectivity index (χ1v) is 5.01. The Hall–Kier alpha value is -2.24. The van der Waals surface area contributed by atoms with Gasteiger partial charge in [0.2, 0.25) is 0 Å². The first kappa shape index (κ1) is 12.8. The number of primary amides is 1. The van der Waals surface area contributed by atoms with E-state index in [1.807, 2.05) is 0 Å². The highest BCUT2D eigenvalue weighted by Crippen LogP contribution is 2.23. The zero-order chi connectivity index (χ0) is 12.8. The number of ether oxygens (including phenoxy) is 1. The Morgan fingerprint density at radius 3 is 2.71 bits per heavy atom. The molecule has 1 aromatic rings. The van der Waals surface area contributed by atoms with Gasteiger partial charge in [0.1, 0.15) is 12.4 Å². The maximum atomic E-state index is 10.7. The minimum Gasteiger partial charge on any atom is -0.491 e. The lowest BCUT2D eigenvalue weighted by Gasteiger charge is -2.13. The van der Waals surface area contributed by atoms with Crippen molar-refractivity contribution in [1.82, 2.24) is 0 Å². The van der Waals surface area contributed by atoms with Gasteiger partial charge in [-0.05, 0) is 19.1 Å². The van der Waals surface area contributed by atoms with Gasteiger partial charge in [0.05, 0.1) is 11.6 Å². The summed E-state index contributed by atoms with van der Waals surface area (Å²) >= 11 is 0. The number of hydrogen-bond donors (Lipinski definition) is 3. The number of para-hydroxylation sites is 2. The van der Waals surface area contributed by atoms with Gasteiger partial charge in [-0.25, -0.2) is 4.79 Å². The van der Waals surface area contributed by atoms with E-state index in [1.54, 1.807) is 24.3 Å². The van der Waals surface area contributed by atoms with Crippen molar-refractivity contribution in [3.05, 3.63) is 24.3 Å². The van der Waals surface area contributed by atoms with Gasteiger partial charge in [0.15, 0.2) is 0 Å². The number of carboxylic acids is 1. The maximum Gasteiger partial charge on any atom is 0.316 e. The molecule has 6 nitrogen and oxygen atoms in total. The monoisotopic (exact) mass is 238 g/mol. The molecule has 0 saturated heterocycles. The van der Waals surface area contributed by atoms with Crippen LogP contribution in [-0.2, 0) is 4.79 Å². The number of carboxylic acid groups (broad SMARTS) is 1. The van der Waals surface area contributed by atoms with Crippen molar-refractivity contribution in [2.45, 2.75) is 6.92 Å². The number of benzene rings is 1. The summed E-state index contributed by atoms with van der Waals surface area (Å²) in [5.74, 6) is -1.18. The smallest absolute Gasteiger partial charge is 0.316 e. The number of nitrogens with one attached hydrogen (secondary N) is 1. The molecule has 2 amide bonds. The van der Waals surface area contributed by atoms with Crippen LogP contribution >= 0.6 is 0 Å². The third kappa shape index (κ3) is 4.02. The summed E-state index contributed by atoms with van der Waals surface area (Å²) in [6, 6.07) is 5.96. The van der Waals surface area contributed by atoms with Crippen molar-refractivity contribution in [2.24, 2.45) is 11.7 Å². The summed E-state index contributed by atoms with van der Waals surface area (Å²) < 4.78 is 5.31. The van der Waals surface area contributed by atoms with Crippen molar-refractivity contribution in [3.8, 4) is 5.75 Å². The van der Waals surface area contributed by atoms with Crippen molar-refractivity contribution in [1.29, 1.82) is 0 Å². The van der Waals surface area contributed by atoms with E-state index in [1.165, 1.54) is 6.92 Å².